The Balaban J connectivity index is 1.25. The molecule has 0 aromatic heterocycles. The van der Waals surface area contributed by atoms with Gasteiger partial charge in [-0.3, -0.25) is 4.79 Å². The molecule has 4 aliphatic carbocycles. The number of rotatable bonds is 4. The third-order valence-corrected chi connectivity index (χ3v) is 10.6. The second-order valence-electron chi connectivity index (χ2n) is 11.9. The topological polar surface area (TPSA) is 99.4 Å². The minimum atomic E-state index is -0.972. The zero-order valence-corrected chi connectivity index (χ0v) is 21.0. The summed E-state index contributed by atoms with van der Waals surface area (Å²) >= 11 is 0. The van der Waals surface area contributed by atoms with Crippen molar-refractivity contribution < 1.29 is 24.6 Å². The van der Waals surface area contributed by atoms with Crippen LogP contribution in [0.25, 0.3) is 0 Å². The molecule has 1 heterocycles. The molecule has 5 aliphatic rings. The number of terminal acetylenes is 1. The molecule has 5 rings (SSSR count). The number of carboxylic acid groups (broad SMARTS) is 1. The molecule has 3 saturated carbocycles. The van der Waals surface area contributed by atoms with E-state index in [0.717, 1.165) is 50.7 Å². The molecule has 7 atom stereocenters. The van der Waals surface area contributed by atoms with Crippen molar-refractivity contribution in [3.63, 3.8) is 0 Å². The number of oxime groups is 1. The van der Waals surface area contributed by atoms with Crippen LogP contribution in [0.1, 0.15) is 78.1 Å². The first-order valence-corrected chi connectivity index (χ1v) is 13.3. The molecule has 0 radical (unpaired) electrons. The van der Waals surface area contributed by atoms with Crippen LogP contribution < -0.4 is 0 Å². The minimum absolute atomic E-state index is 0.125. The summed E-state index contributed by atoms with van der Waals surface area (Å²) in [4.78, 5) is 30.6. The Morgan fingerprint density at radius 2 is 1.94 bits per heavy atom. The van der Waals surface area contributed by atoms with Gasteiger partial charge in [0.1, 0.15) is 11.6 Å². The number of nitrogens with zero attached hydrogens (tertiary/aromatic N) is 2. The van der Waals surface area contributed by atoms with Crippen LogP contribution in [-0.4, -0.2) is 57.5 Å². The van der Waals surface area contributed by atoms with Crippen LogP contribution in [0.3, 0.4) is 0 Å². The third kappa shape index (κ3) is 3.71. The number of hydrogen-bond donors (Lipinski definition) is 2. The van der Waals surface area contributed by atoms with Crippen LogP contribution in [-0.2, 0) is 14.4 Å². The van der Waals surface area contributed by atoms with Crippen LogP contribution in [0.4, 0.5) is 0 Å². The molecule has 7 nitrogen and oxygen atoms in total. The number of likely N-dealkylation sites (tertiary alicyclic amines) is 1. The molecule has 0 aromatic rings. The summed E-state index contributed by atoms with van der Waals surface area (Å²) in [7, 11) is 0. The molecule has 1 aliphatic heterocycles. The van der Waals surface area contributed by atoms with E-state index in [1.807, 2.05) is 0 Å². The first kappa shape index (κ1) is 24.4. The molecular weight excluding hydrogens is 444 g/mol. The van der Waals surface area contributed by atoms with Crippen molar-refractivity contribution in [1.29, 1.82) is 0 Å². The lowest BCUT2D eigenvalue weighted by Gasteiger charge is -2.58. The van der Waals surface area contributed by atoms with E-state index >= 15 is 0 Å². The number of carbonyl (C=O) groups is 2. The van der Waals surface area contributed by atoms with Crippen molar-refractivity contribution in [3.8, 4) is 12.3 Å². The molecule has 1 saturated heterocycles. The highest BCUT2D eigenvalue weighted by Crippen LogP contribution is 2.67. The number of hydrogen-bond acceptors (Lipinski definition) is 5. The molecule has 1 amide bonds. The van der Waals surface area contributed by atoms with Crippen molar-refractivity contribution in [2.75, 3.05) is 13.2 Å². The Bertz CT molecular complexity index is 1010. The fourth-order valence-corrected chi connectivity index (χ4v) is 8.47. The van der Waals surface area contributed by atoms with E-state index in [1.165, 1.54) is 10.5 Å². The number of carbonyl (C=O) groups excluding carboxylic acids is 1. The van der Waals surface area contributed by atoms with Gasteiger partial charge in [0.25, 0.3) is 5.91 Å². The fourth-order valence-electron chi connectivity index (χ4n) is 8.47. The second kappa shape index (κ2) is 8.65. The van der Waals surface area contributed by atoms with Gasteiger partial charge in [-0.2, -0.15) is 0 Å². The third-order valence-electron chi connectivity index (χ3n) is 10.6. The van der Waals surface area contributed by atoms with Gasteiger partial charge in [0, 0.05) is 12.0 Å². The monoisotopic (exact) mass is 482 g/mol. The summed E-state index contributed by atoms with van der Waals surface area (Å²) in [5.74, 6) is 3.14. The highest BCUT2D eigenvalue weighted by molar-refractivity contribution is 5.96. The first-order chi connectivity index (χ1) is 16.6. The first-order valence-electron chi connectivity index (χ1n) is 13.3. The molecular formula is C28H38N2O5. The standard InChI is InChI=1S/C28H38N2O5/c1-4-28(34)14-11-22-20-8-7-18-16-19(9-12-26(18,2)21(20)10-13-27(22,28)3)29-35-17-24(31)30-15-5-6-23(30)25(32)33/h1,16,20-23,34H,5-15,17H2,2-3H3,(H,32,33)/b29-19+/t20-,21+,22-,23+,26+,27+,28-/m1/s1. The Labute approximate surface area is 208 Å². The molecule has 7 heteroatoms. The van der Waals surface area contributed by atoms with E-state index in [1.54, 1.807) is 0 Å². The minimum Gasteiger partial charge on any atom is -0.480 e. The van der Waals surface area contributed by atoms with E-state index in [2.05, 4.69) is 31.0 Å². The lowest BCUT2D eigenvalue weighted by atomic mass is 9.46. The zero-order valence-electron chi connectivity index (χ0n) is 21.0. The predicted molar refractivity (Wildman–Crippen MR) is 131 cm³/mol. The molecule has 0 aromatic carbocycles. The molecule has 0 spiro atoms. The van der Waals surface area contributed by atoms with Crippen molar-refractivity contribution in [2.24, 2.45) is 33.7 Å². The highest BCUT2D eigenvalue weighted by Gasteiger charge is 2.63. The van der Waals surface area contributed by atoms with E-state index < -0.39 is 17.6 Å². The maximum Gasteiger partial charge on any atom is 0.326 e. The molecule has 35 heavy (non-hydrogen) atoms. The van der Waals surface area contributed by atoms with Gasteiger partial charge in [-0.1, -0.05) is 30.5 Å². The van der Waals surface area contributed by atoms with Gasteiger partial charge >= 0.3 is 5.97 Å². The van der Waals surface area contributed by atoms with Crippen LogP contribution in [0.2, 0.25) is 0 Å². The van der Waals surface area contributed by atoms with Gasteiger partial charge in [0.05, 0.1) is 5.71 Å². The highest BCUT2D eigenvalue weighted by atomic mass is 16.6. The van der Waals surface area contributed by atoms with Crippen molar-refractivity contribution >= 4 is 17.6 Å². The number of carboxylic acids is 1. The Hall–Kier alpha value is -2.33. The van der Waals surface area contributed by atoms with Crippen molar-refractivity contribution in [3.05, 3.63) is 11.6 Å². The molecule has 2 N–H and O–H groups in total. The van der Waals surface area contributed by atoms with Gasteiger partial charge in [0.2, 0.25) is 0 Å². The molecule has 190 valence electrons. The number of fused-ring (bicyclic) bond motifs is 5. The van der Waals surface area contributed by atoms with E-state index in [4.69, 9.17) is 11.3 Å². The lowest BCUT2D eigenvalue weighted by molar-refractivity contribution is -0.150. The maximum atomic E-state index is 12.4. The van der Waals surface area contributed by atoms with Gasteiger partial charge in [0.15, 0.2) is 6.61 Å². The van der Waals surface area contributed by atoms with Crippen LogP contribution in [0.15, 0.2) is 16.8 Å². The van der Waals surface area contributed by atoms with Gasteiger partial charge in [-0.15, -0.1) is 6.42 Å². The SMILES string of the molecule is C#C[C@@]1(O)CC[C@@H]2[C@@H]3CCC4=C/C(=N/OCC(=O)N5CCC[C@H]5C(=O)O)CC[C@]4(C)[C@H]3CC[C@@]21C. The van der Waals surface area contributed by atoms with Crippen molar-refractivity contribution in [2.45, 2.75) is 89.7 Å². The molecule has 0 unspecified atom stereocenters. The summed E-state index contributed by atoms with van der Waals surface area (Å²) in [5.41, 5.74) is 1.26. The largest absolute Gasteiger partial charge is 0.480 e. The Morgan fingerprint density at radius 3 is 2.69 bits per heavy atom. The molecule has 0 bridgehead atoms. The maximum absolute atomic E-state index is 12.4. The number of aliphatic carboxylic acids is 1. The van der Waals surface area contributed by atoms with Crippen LogP contribution in [0, 0.1) is 40.9 Å². The smallest absolute Gasteiger partial charge is 0.326 e. The summed E-state index contributed by atoms with van der Waals surface area (Å²) in [6.07, 6.45) is 16.9. The predicted octanol–water partition coefficient (Wildman–Crippen LogP) is 3.76. The van der Waals surface area contributed by atoms with Crippen molar-refractivity contribution in [1.82, 2.24) is 4.90 Å². The average molecular weight is 483 g/mol. The van der Waals surface area contributed by atoms with Crippen LogP contribution >= 0.6 is 0 Å². The average Bonchev–Trinajstić information content (AvgIpc) is 3.43. The van der Waals surface area contributed by atoms with Gasteiger partial charge in [-0.05, 0) is 93.5 Å². The number of aliphatic hydroxyl groups is 1. The summed E-state index contributed by atoms with van der Waals surface area (Å²) in [6, 6.07) is -0.750. The number of allylic oxidation sites excluding steroid dienone is 2. The van der Waals surface area contributed by atoms with Gasteiger partial charge < -0.3 is 20.0 Å². The van der Waals surface area contributed by atoms with E-state index in [9.17, 15) is 19.8 Å². The summed E-state index contributed by atoms with van der Waals surface area (Å²) < 4.78 is 0. The normalized spacial score (nSPS) is 43.5. The lowest BCUT2D eigenvalue weighted by Crippen LogP contribution is -2.54. The number of amides is 1. The van der Waals surface area contributed by atoms with E-state index in [-0.39, 0.29) is 23.3 Å². The quantitative estimate of drug-likeness (QED) is 0.470. The van der Waals surface area contributed by atoms with Crippen LogP contribution in [0.5, 0.6) is 0 Å². The Kier molecular flexibility index (Phi) is 6.03. The Morgan fingerprint density at radius 1 is 1.17 bits per heavy atom. The summed E-state index contributed by atoms with van der Waals surface area (Å²) in [5, 5.41) is 24.7. The fraction of sp³-hybridized carbons (Fsp3) is 0.750. The van der Waals surface area contributed by atoms with Gasteiger partial charge in [-0.25, -0.2) is 4.79 Å². The second-order valence-corrected chi connectivity index (χ2v) is 11.9. The molecule has 4 fully saturated rings. The van der Waals surface area contributed by atoms with E-state index in [0.29, 0.717) is 43.6 Å². The zero-order chi connectivity index (χ0) is 25.0. The summed E-state index contributed by atoms with van der Waals surface area (Å²) in [6.45, 7) is 4.86.